The molecule has 1 aromatic heterocycles. The van der Waals surface area contributed by atoms with Gasteiger partial charge in [-0.25, -0.2) is 4.79 Å². The summed E-state index contributed by atoms with van der Waals surface area (Å²) in [6.07, 6.45) is 2.78. The van der Waals surface area contributed by atoms with E-state index in [1.54, 1.807) is 16.9 Å². The number of amides is 6. The Labute approximate surface area is 176 Å². The van der Waals surface area contributed by atoms with Gasteiger partial charge in [-0.2, -0.15) is 5.10 Å². The zero-order valence-corrected chi connectivity index (χ0v) is 16.7. The molecule has 1 aromatic carbocycles. The van der Waals surface area contributed by atoms with Gasteiger partial charge in [-0.3, -0.25) is 39.4 Å². The summed E-state index contributed by atoms with van der Waals surface area (Å²) in [6.45, 7) is 2.75. The lowest BCUT2D eigenvalue weighted by Gasteiger charge is -2.27. The van der Waals surface area contributed by atoms with Crippen LogP contribution in [-0.4, -0.2) is 50.4 Å². The zero-order chi connectivity index (χ0) is 22.1. The van der Waals surface area contributed by atoms with E-state index in [0.29, 0.717) is 11.5 Å². The molecule has 2 aromatic rings. The van der Waals surface area contributed by atoms with E-state index in [0.717, 1.165) is 17.9 Å². The molecule has 4 rings (SSSR count). The summed E-state index contributed by atoms with van der Waals surface area (Å²) >= 11 is 0. The van der Waals surface area contributed by atoms with Crippen molar-refractivity contribution < 1.29 is 24.0 Å². The standard InChI is InChI=1S/C20H20N6O5/c1-2-8-25-9-7-15(24-25)22-20(31)21-11-3-4-12-13(10-11)19(30)26(18(12)29)14-5-6-16(27)23-17(14)28/h3-4,7,9-10,14H,2,5-6,8H2,1H3,(H,23,27,28)(H2,21,22,24,31). The van der Waals surface area contributed by atoms with E-state index in [2.05, 4.69) is 21.0 Å². The van der Waals surface area contributed by atoms with Crippen molar-refractivity contribution in [3.05, 3.63) is 41.6 Å². The Kier molecular flexibility index (Phi) is 5.24. The maximum absolute atomic E-state index is 12.8. The minimum atomic E-state index is -1.04. The number of fused-ring (bicyclic) bond motifs is 1. The molecule has 2 aliphatic heterocycles. The lowest BCUT2D eigenvalue weighted by molar-refractivity contribution is -0.136. The predicted molar refractivity (Wildman–Crippen MR) is 108 cm³/mol. The Hall–Kier alpha value is -4.02. The van der Waals surface area contributed by atoms with Crippen LogP contribution in [0.1, 0.15) is 46.9 Å². The molecular formula is C20H20N6O5. The molecule has 1 fully saturated rings. The van der Waals surface area contributed by atoms with Gasteiger partial charge < -0.3 is 5.32 Å². The van der Waals surface area contributed by atoms with Gasteiger partial charge in [0.15, 0.2) is 5.82 Å². The van der Waals surface area contributed by atoms with Gasteiger partial charge in [0, 0.05) is 30.9 Å². The van der Waals surface area contributed by atoms with Crippen LogP contribution in [0.5, 0.6) is 0 Å². The van der Waals surface area contributed by atoms with Crippen molar-refractivity contribution in [1.82, 2.24) is 20.0 Å². The van der Waals surface area contributed by atoms with Crippen LogP contribution in [0.25, 0.3) is 0 Å². The van der Waals surface area contributed by atoms with E-state index in [1.165, 1.54) is 18.2 Å². The van der Waals surface area contributed by atoms with E-state index in [4.69, 9.17) is 0 Å². The quantitative estimate of drug-likeness (QED) is 0.618. The fourth-order valence-corrected chi connectivity index (χ4v) is 3.61. The van der Waals surface area contributed by atoms with Gasteiger partial charge in [0.25, 0.3) is 11.8 Å². The number of anilines is 2. The topological polar surface area (TPSA) is 142 Å². The van der Waals surface area contributed by atoms with Crippen LogP contribution >= 0.6 is 0 Å². The van der Waals surface area contributed by atoms with Gasteiger partial charge in [0.05, 0.1) is 11.1 Å². The smallest absolute Gasteiger partial charge is 0.308 e. The first-order valence-corrected chi connectivity index (χ1v) is 9.84. The van der Waals surface area contributed by atoms with Crippen molar-refractivity contribution in [1.29, 1.82) is 0 Å². The molecule has 1 unspecified atom stereocenters. The largest absolute Gasteiger partial charge is 0.324 e. The molecule has 3 heterocycles. The first-order valence-electron chi connectivity index (χ1n) is 9.84. The molecule has 11 nitrogen and oxygen atoms in total. The van der Waals surface area contributed by atoms with Gasteiger partial charge in [-0.15, -0.1) is 0 Å². The lowest BCUT2D eigenvalue weighted by atomic mass is 10.0. The van der Waals surface area contributed by atoms with E-state index in [1.807, 2.05) is 6.92 Å². The molecule has 31 heavy (non-hydrogen) atoms. The van der Waals surface area contributed by atoms with Crippen LogP contribution in [-0.2, 0) is 16.1 Å². The van der Waals surface area contributed by atoms with Gasteiger partial charge in [0.1, 0.15) is 6.04 Å². The van der Waals surface area contributed by atoms with Crippen LogP contribution in [0.15, 0.2) is 30.5 Å². The van der Waals surface area contributed by atoms with Crippen molar-refractivity contribution in [2.75, 3.05) is 10.6 Å². The SMILES string of the molecule is CCCn1ccc(NC(=O)Nc2ccc3c(c2)C(=O)N(C2CCC(=O)NC2=O)C3=O)n1. The van der Waals surface area contributed by atoms with Gasteiger partial charge in [0.2, 0.25) is 11.8 Å². The third kappa shape index (κ3) is 3.89. The van der Waals surface area contributed by atoms with E-state index in [9.17, 15) is 24.0 Å². The van der Waals surface area contributed by atoms with Crippen LogP contribution in [0.3, 0.4) is 0 Å². The Morgan fingerprint density at radius 2 is 1.90 bits per heavy atom. The van der Waals surface area contributed by atoms with Crippen LogP contribution in [0, 0.1) is 0 Å². The number of imide groups is 2. The third-order valence-corrected chi connectivity index (χ3v) is 5.03. The van der Waals surface area contributed by atoms with E-state index in [-0.39, 0.29) is 24.0 Å². The molecule has 0 saturated carbocycles. The number of hydrogen-bond donors (Lipinski definition) is 3. The highest BCUT2D eigenvalue weighted by Gasteiger charge is 2.44. The molecule has 0 aliphatic carbocycles. The van der Waals surface area contributed by atoms with Crippen LogP contribution < -0.4 is 16.0 Å². The first-order chi connectivity index (χ1) is 14.9. The summed E-state index contributed by atoms with van der Waals surface area (Å²) in [5.74, 6) is -1.98. The number of hydrogen-bond acceptors (Lipinski definition) is 6. The average Bonchev–Trinajstić information content (AvgIpc) is 3.25. The zero-order valence-electron chi connectivity index (χ0n) is 16.7. The monoisotopic (exact) mass is 424 g/mol. The summed E-state index contributed by atoms with van der Waals surface area (Å²) in [5.41, 5.74) is 0.522. The number of benzene rings is 1. The predicted octanol–water partition coefficient (Wildman–Crippen LogP) is 1.34. The molecule has 160 valence electrons. The molecule has 1 atom stereocenters. The number of rotatable bonds is 5. The highest BCUT2D eigenvalue weighted by molar-refractivity contribution is 6.24. The molecule has 0 bridgehead atoms. The second-order valence-electron chi connectivity index (χ2n) is 7.25. The number of carbonyl (C=O) groups excluding carboxylic acids is 5. The van der Waals surface area contributed by atoms with Gasteiger partial charge >= 0.3 is 6.03 Å². The van der Waals surface area contributed by atoms with Crippen LogP contribution in [0.2, 0.25) is 0 Å². The second kappa shape index (κ2) is 8.01. The van der Waals surface area contributed by atoms with Gasteiger partial charge in [-0.1, -0.05) is 6.92 Å². The van der Waals surface area contributed by atoms with Crippen molar-refractivity contribution >= 4 is 41.2 Å². The molecule has 0 spiro atoms. The lowest BCUT2D eigenvalue weighted by Crippen LogP contribution is -2.54. The van der Waals surface area contributed by atoms with Crippen molar-refractivity contribution in [2.24, 2.45) is 0 Å². The molecule has 3 N–H and O–H groups in total. The summed E-state index contributed by atoms with van der Waals surface area (Å²) in [7, 11) is 0. The number of urea groups is 1. The summed E-state index contributed by atoms with van der Waals surface area (Å²) in [5, 5.41) is 11.6. The van der Waals surface area contributed by atoms with Crippen molar-refractivity contribution in [3.8, 4) is 0 Å². The minimum absolute atomic E-state index is 0.0464. The number of nitrogens with zero attached hydrogens (tertiary/aromatic N) is 3. The molecular weight excluding hydrogens is 404 g/mol. The molecule has 0 radical (unpaired) electrons. The fourth-order valence-electron chi connectivity index (χ4n) is 3.61. The highest BCUT2D eigenvalue weighted by atomic mass is 16.2. The van der Waals surface area contributed by atoms with Crippen molar-refractivity contribution in [3.63, 3.8) is 0 Å². The van der Waals surface area contributed by atoms with E-state index >= 15 is 0 Å². The third-order valence-electron chi connectivity index (χ3n) is 5.03. The molecule has 1 saturated heterocycles. The second-order valence-corrected chi connectivity index (χ2v) is 7.25. The number of nitrogens with one attached hydrogen (secondary N) is 3. The number of carbonyl (C=O) groups is 5. The van der Waals surface area contributed by atoms with Gasteiger partial charge in [-0.05, 0) is 31.0 Å². The maximum atomic E-state index is 12.8. The maximum Gasteiger partial charge on any atom is 0.324 e. The number of aryl methyl sites for hydroxylation is 1. The first kappa shape index (κ1) is 20.3. The van der Waals surface area contributed by atoms with Crippen LogP contribution in [0.4, 0.5) is 16.3 Å². The fraction of sp³-hybridized carbons (Fsp3) is 0.300. The summed E-state index contributed by atoms with van der Waals surface area (Å²) in [6, 6.07) is 4.37. The normalized spacial score (nSPS) is 18.1. The van der Waals surface area contributed by atoms with Crippen molar-refractivity contribution in [2.45, 2.75) is 38.8 Å². The molecule has 2 aliphatic rings. The van der Waals surface area contributed by atoms with E-state index < -0.39 is 35.7 Å². The number of piperidine rings is 1. The Balaban J connectivity index is 1.47. The Morgan fingerprint density at radius 1 is 1.13 bits per heavy atom. The average molecular weight is 424 g/mol. The Bertz CT molecular complexity index is 1110. The Morgan fingerprint density at radius 3 is 2.65 bits per heavy atom. The summed E-state index contributed by atoms with van der Waals surface area (Å²) in [4.78, 5) is 62.1. The summed E-state index contributed by atoms with van der Waals surface area (Å²) < 4.78 is 1.71. The minimum Gasteiger partial charge on any atom is -0.308 e. The highest BCUT2D eigenvalue weighted by Crippen LogP contribution is 2.29. The molecule has 6 amide bonds. The molecule has 11 heteroatoms. The number of aromatic nitrogens is 2.